The van der Waals surface area contributed by atoms with Crippen LogP contribution in [0.25, 0.3) is 0 Å². The van der Waals surface area contributed by atoms with E-state index in [1.54, 1.807) is 13.8 Å². The molecule has 1 aromatic carbocycles. The summed E-state index contributed by atoms with van der Waals surface area (Å²) in [5.41, 5.74) is -1.15. The molecule has 2 amide bonds. The van der Waals surface area contributed by atoms with Crippen molar-refractivity contribution in [3.05, 3.63) is 34.9 Å². The summed E-state index contributed by atoms with van der Waals surface area (Å²) < 4.78 is 26.5. The first kappa shape index (κ1) is 14.6. The van der Waals surface area contributed by atoms with Gasteiger partial charge in [0.25, 0.3) is 11.8 Å². The van der Waals surface area contributed by atoms with Gasteiger partial charge < -0.3 is 5.11 Å². The van der Waals surface area contributed by atoms with Gasteiger partial charge in [0, 0.05) is 6.61 Å². The number of carbonyl (C=O) groups excluding carboxylic acids is 2. The van der Waals surface area contributed by atoms with Gasteiger partial charge in [-0.15, -0.1) is 0 Å². The van der Waals surface area contributed by atoms with Crippen molar-refractivity contribution in [3.8, 4) is 0 Å². The summed E-state index contributed by atoms with van der Waals surface area (Å²) in [6, 6.07) is 1.50. The lowest BCUT2D eigenvalue weighted by Crippen LogP contribution is -2.49. The number of amides is 2. The van der Waals surface area contributed by atoms with Gasteiger partial charge in [0.1, 0.15) is 0 Å². The molecule has 1 aromatic rings. The van der Waals surface area contributed by atoms with E-state index in [2.05, 4.69) is 0 Å². The van der Waals surface area contributed by atoms with Crippen LogP contribution >= 0.6 is 0 Å². The Kier molecular flexibility index (Phi) is 3.60. The van der Waals surface area contributed by atoms with E-state index in [9.17, 15) is 18.4 Å². The summed E-state index contributed by atoms with van der Waals surface area (Å²) in [5.74, 6) is -3.62. The van der Waals surface area contributed by atoms with Crippen molar-refractivity contribution in [3.63, 3.8) is 0 Å². The van der Waals surface area contributed by atoms with Crippen LogP contribution in [-0.4, -0.2) is 34.0 Å². The molecule has 1 unspecified atom stereocenters. The standard InChI is InChI=1S/C14H15F2NO3/c1-3-14(2,4-5-18)17-12(19)8-6-10(15)11(16)7-9(8)13(17)20/h6-7,18H,3-5H2,1-2H3. The van der Waals surface area contributed by atoms with E-state index >= 15 is 0 Å². The van der Waals surface area contributed by atoms with Crippen molar-refractivity contribution >= 4 is 11.8 Å². The van der Waals surface area contributed by atoms with Crippen LogP contribution < -0.4 is 0 Å². The molecule has 0 fully saturated rings. The highest BCUT2D eigenvalue weighted by Crippen LogP contribution is 2.34. The van der Waals surface area contributed by atoms with Crippen molar-refractivity contribution in [2.24, 2.45) is 0 Å². The van der Waals surface area contributed by atoms with E-state index in [0.29, 0.717) is 6.42 Å². The molecule has 0 saturated heterocycles. The van der Waals surface area contributed by atoms with Gasteiger partial charge in [-0.2, -0.15) is 0 Å². The lowest BCUT2D eigenvalue weighted by atomic mass is 9.92. The van der Waals surface area contributed by atoms with E-state index in [1.165, 1.54) is 0 Å². The Morgan fingerprint density at radius 3 is 1.95 bits per heavy atom. The first-order valence-electron chi connectivity index (χ1n) is 6.34. The van der Waals surface area contributed by atoms with Crippen LogP contribution in [0.2, 0.25) is 0 Å². The minimum atomic E-state index is -1.16. The van der Waals surface area contributed by atoms with Crippen molar-refractivity contribution in [2.75, 3.05) is 6.61 Å². The molecule has 1 aliphatic heterocycles. The number of rotatable bonds is 4. The molecule has 0 saturated carbocycles. The average molecular weight is 283 g/mol. The maximum Gasteiger partial charge on any atom is 0.262 e. The minimum absolute atomic E-state index is 0.133. The maximum atomic E-state index is 13.2. The zero-order valence-corrected chi connectivity index (χ0v) is 11.2. The Balaban J connectivity index is 2.52. The van der Waals surface area contributed by atoms with E-state index in [-0.39, 0.29) is 24.2 Å². The number of hydrogen-bond acceptors (Lipinski definition) is 3. The molecular formula is C14H15F2NO3. The first-order valence-corrected chi connectivity index (χ1v) is 6.34. The summed E-state index contributed by atoms with van der Waals surface area (Å²) in [7, 11) is 0. The van der Waals surface area contributed by atoms with Gasteiger partial charge in [0.15, 0.2) is 11.6 Å². The maximum absolute atomic E-state index is 13.2. The third kappa shape index (κ3) is 2.00. The van der Waals surface area contributed by atoms with Gasteiger partial charge in [0.2, 0.25) is 0 Å². The van der Waals surface area contributed by atoms with Crippen LogP contribution in [-0.2, 0) is 0 Å². The van der Waals surface area contributed by atoms with Gasteiger partial charge in [0.05, 0.1) is 16.7 Å². The zero-order chi connectivity index (χ0) is 15.1. The molecule has 1 heterocycles. The number of imide groups is 1. The van der Waals surface area contributed by atoms with E-state index in [0.717, 1.165) is 17.0 Å². The van der Waals surface area contributed by atoms with Gasteiger partial charge >= 0.3 is 0 Å². The van der Waals surface area contributed by atoms with E-state index in [1.807, 2.05) is 0 Å². The van der Waals surface area contributed by atoms with Crippen LogP contribution in [0.3, 0.4) is 0 Å². The summed E-state index contributed by atoms with van der Waals surface area (Å²) in [5, 5.41) is 9.10. The van der Waals surface area contributed by atoms with Crippen LogP contribution in [0.5, 0.6) is 0 Å². The predicted molar refractivity (Wildman–Crippen MR) is 67.3 cm³/mol. The van der Waals surface area contributed by atoms with Gasteiger partial charge in [-0.05, 0) is 31.9 Å². The fraction of sp³-hybridized carbons (Fsp3) is 0.429. The second-order valence-corrected chi connectivity index (χ2v) is 5.08. The SMILES string of the molecule is CCC(C)(CCO)N1C(=O)c2cc(F)c(F)cc2C1=O. The summed E-state index contributed by atoms with van der Waals surface area (Å²) in [4.78, 5) is 25.6. The highest BCUT2D eigenvalue weighted by Gasteiger charge is 2.45. The first-order chi connectivity index (χ1) is 9.35. The zero-order valence-electron chi connectivity index (χ0n) is 11.2. The molecule has 1 N–H and O–H groups in total. The van der Waals surface area contributed by atoms with Gasteiger partial charge in [-0.25, -0.2) is 8.78 Å². The molecule has 20 heavy (non-hydrogen) atoms. The van der Waals surface area contributed by atoms with Crippen molar-refractivity contribution < 1.29 is 23.5 Å². The van der Waals surface area contributed by atoms with E-state index < -0.39 is 29.0 Å². The molecule has 1 aliphatic rings. The Morgan fingerprint density at radius 1 is 1.15 bits per heavy atom. The van der Waals surface area contributed by atoms with Gasteiger partial charge in [-0.3, -0.25) is 14.5 Å². The molecule has 2 rings (SSSR count). The highest BCUT2D eigenvalue weighted by atomic mass is 19.2. The van der Waals surface area contributed by atoms with Crippen LogP contribution in [0.15, 0.2) is 12.1 Å². The van der Waals surface area contributed by atoms with Crippen LogP contribution in [0.1, 0.15) is 47.4 Å². The largest absolute Gasteiger partial charge is 0.396 e. The number of fused-ring (bicyclic) bond motifs is 1. The van der Waals surface area contributed by atoms with E-state index in [4.69, 9.17) is 5.11 Å². The second-order valence-electron chi connectivity index (χ2n) is 5.08. The molecule has 6 heteroatoms. The average Bonchev–Trinajstić information content (AvgIpc) is 2.63. The summed E-state index contributed by atoms with van der Waals surface area (Å²) in [6.45, 7) is 3.25. The van der Waals surface area contributed by atoms with Crippen LogP contribution in [0, 0.1) is 11.6 Å². The monoisotopic (exact) mass is 283 g/mol. The molecule has 0 radical (unpaired) electrons. The minimum Gasteiger partial charge on any atom is -0.396 e. The number of aliphatic hydroxyl groups excluding tert-OH is 1. The predicted octanol–water partition coefficient (Wildman–Crippen LogP) is 2.11. The van der Waals surface area contributed by atoms with Crippen LogP contribution in [0.4, 0.5) is 8.78 Å². The lowest BCUT2D eigenvalue weighted by molar-refractivity contribution is 0.0390. The third-order valence-corrected chi connectivity index (χ3v) is 3.88. The highest BCUT2D eigenvalue weighted by molar-refractivity contribution is 6.21. The smallest absolute Gasteiger partial charge is 0.262 e. The van der Waals surface area contributed by atoms with Crippen molar-refractivity contribution in [1.29, 1.82) is 0 Å². The van der Waals surface area contributed by atoms with Crippen molar-refractivity contribution in [1.82, 2.24) is 4.90 Å². The Morgan fingerprint density at radius 2 is 1.60 bits per heavy atom. The third-order valence-electron chi connectivity index (χ3n) is 3.88. The number of benzene rings is 1. The Hall–Kier alpha value is -1.82. The summed E-state index contributed by atoms with van der Waals surface area (Å²) in [6.07, 6.45) is 0.643. The molecule has 0 spiro atoms. The molecular weight excluding hydrogens is 268 g/mol. The molecule has 0 aliphatic carbocycles. The van der Waals surface area contributed by atoms with Gasteiger partial charge in [-0.1, -0.05) is 6.92 Å². The normalized spacial score (nSPS) is 17.4. The number of hydrogen-bond donors (Lipinski definition) is 1. The van der Waals surface area contributed by atoms with Crippen molar-refractivity contribution in [2.45, 2.75) is 32.2 Å². The summed E-state index contributed by atoms with van der Waals surface area (Å²) >= 11 is 0. The molecule has 0 bridgehead atoms. The number of aliphatic hydroxyl groups is 1. The topological polar surface area (TPSA) is 57.6 Å². The second kappa shape index (κ2) is 4.94. The number of halogens is 2. The quantitative estimate of drug-likeness (QED) is 0.861. The Labute approximate surface area is 115 Å². The molecule has 4 nitrogen and oxygen atoms in total. The molecule has 108 valence electrons. The number of carbonyl (C=O) groups is 2. The fourth-order valence-electron chi connectivity index (χ4n) is 2.41. The lowest BCUT2D eigenvalue weighted by Gasteiger charge is -2.36. The Bertz CT molecular complexity index is 547. The fourth-order valence-corrected chi connectivity index (χ4v) is 2.41. The molecule has 1 atom stereocenters. The molecule has 0 aromatic heterocycles. The number of nitrogens with zero attached hydrogens (tertiary/aromatic N) is 1.